The topological polar surface area (TPSA) is 45.9 Å². The Morgan fingerprint density at radius 2 is 1.95 bits per heavy atom. The van der Waals surface area contributed by atoms with Crippen LogP contribution >= 0.6 is 0 Å². The number of nitriles is 1. The van der Waals surface area contributed by atoms with Crippen LogP contribution in [0, 0.1) is 11.3 Å². The summed E-state index contributed by atoms with van der Waals surface area (Å²) >= 11 is 0. The highest BCUT2D eigenvalue weighted by Crippen LogP contribution is 2.24. The van der Waals surface area contributed by atoms with Gasteiger partial charge in [-0.1, -0.05) is 24.3 Å². The van der Waals surface area contributed by atoms with E-state index in [9.17, 15) is 5.26 Å². The van der Waals surface area contributed by atoms with Crippen molar-refractivity contribution in [3.05, 3.63) is 59.9 Å². The zero-order valence-electron chi connectivity index (χ0n) is 11.6. The zero-order chi connectivity index (χ0) is 14.4. The molecule has 0 saturated carbocycles. The average molecular weight is 264 g/mol. The molecule has 0 amide bonds. The third-order valence-corrected chi connectivity index (χ3v) is 2.64. The predicted molar refractivity (Wildman–Crippen MR) is 79.9 cm³/mol. The lowest BCUT2D eigenvalue weighted by Gasteiger charge is -2.12. The first-order valence-electron chi connectivity index (χ1n) is 6.49. The molecule has 0 bridgehead atoms. The molecule has 0 spiro atoms. The van der Waals surface area contributed by atoms with E-state index < -0.39 is 0 Å². The van der Waals surface area contributed by atoms with Gasteiger partial charge < -0.3 is 4.74 Å². The lowest BCUT2D eigenvalue weighted by Crippen LogP contribution is -2.06. The Bertz CT molecular complexity index is 640. The van der Waals surface area contributed by atoms with Crippen LogP contribution < -0.4 is 4.74 Å². The summed E-state index contributed by atoms with van der Waals surface area (Å²) in [6, 6.07) is 15.4. The summed E-state index contributed by atoms with van der Waals surface area (Å²) in [7, 11) is 0. The highest BCUT2D eigenvalue weighted by Gasteiger charge is 2.06. The Kier molecular flexibility index (Phi) is 4.52. The first-order chi connectivity index (χ1) is 9.70. The second kappa shape index (κ2) is 6.53. The van der Waals surface area contributed by atoms with Crippen molar-refractivity contribution in [3.8, 4) is 11.8 Å². The van der Waals surface area contributed by atoms with Gasteiger partial charge in [-0.05, 0) is 38.1 Å². The summed E-state index contributed by atoms with van der Waals surface area (Å²) in [5.74, 6) is 0.770. The monoisotopic (exact) mass is 264 g/mol. The lowest BCUT2D eigenvalue weighted by molar-refractivity contribution is 0.242. The minimum absolute atomic E-state index is 0.0879. The molecule has 0 aliphatic heterocycles. The number of nitrogens with zero attached hydrogens (tertiary/aromatic N) is 2. The molecule has 0 saturated heterocycles. The summed E-state index contributed by atoms with van der Waals surface area (Å²) in [5.41, 5.74) is 2.06. The van der Waals surface area contributed by atoms with Gasteiger partial charge in [0.2, 0.25) is 0 Å². The van der Waals surface area contributed by atoms with Crippen LogP contribution in [0.2, 0.25) is 0 Å². The highest BCUT2D eigenvalue weighted by atomic mass is 16.5. The van der Waals surface area contributed by atoms with E-state index in [0.717, 1.165) is 11.3 Å². The molecule has 0 unspecified atom stereocenters. The van der Waals surface area contributed by atoms with Crippen LogP contribution in [0.25, 0.3) is 11.6 Å². The van der Waals surface area contributed by atoms with Gasteiger partial charge in [-0.2, -0.15) is 5.26 Å². The number of allylic oxidation sites excluding steroid dienone is 1. The Balaban J connectivity index is 2.41. The van der Waals surface area contributed by atoms with Gasteiger partial charge in [-0.15, -0.1) is 0 Å². The number of hydrogen-bond acceptors (Lipinski definition) is 3. The molecule has 100 valence electrons. The van der Waals surface area contributed by atoms with Gasteiger partial charge in [0.15, 0.2) is 0 Å². The van der Waals surface area contributed by atoms with Crippen LogP contribution in [0.15, 0.2) is 48.7 Å². The van der Waals surface area contributed by atoms with Gasteiger partial charge in [0.05, 0.1) is 17.4 Å². The van der Waals surface area contributed by atoms with E-state index in [4.69, 9.17) is 4.74 Å². The minimum atomic E-state index is 0.0879. The Morgan fingerprint density at radius 3 is 2.60 bits per heavy atom. The van der Waals surface area contributed by atoms with Crippen LogP contribution in [0.1, 0.15) is 25.1 Å². The first-order valence-corrected chi connectivity index (χ1v) is 6.49. The minimum Gasteiger partial charge on any atom is -0.490 e. The van der Waals surface area contributed by atoms with E-state index in [2.05, 4.69) is 11.1 Å². The maximum Gasteiger partial charge on any atom is 0.126 e. The second-order valence-electron chi connectivity index (χ2n) is 4.59. The van der Waals surface area contributed by atoms with E-state index >= 15 is 0 Å². The maximum absolute atomic E-state index is 9.31. The molecule has 0 aliphatic carbocycles. The number of para-hydroxylation sites is 1. The average Bonchev–Trinajstić information content (AvgIpc) is 2.46. The molecule has 1 aromatic carbocycles. The molecule has 0 N–H and O–H groups in total. The normalized spacial score (nSPS) is 11.2. The van der Waals surface area contributed by atoms with Crippen LogP contribution in [-0.2, 0) is 0 Å². The third kappa shape index (κ3) is 3.46. The van der Waals surface area contributed by atoms with E-state index in [1.165, 1.54) is 0 Å². The fourth-order valence-electron chi connectivity index (χ4n) is 1.80. The predicted octanol–water partition coefficient (Wildman–Crippen LogP) is 3.93. The van der Waals surface area contributed by atoms with Gasteiger partial charge >= 0.3 is 0 Å². The van der Waals surface area contributed by atoms with Crippen molar-refractivity contribution in [2.75, 3.05) is 0 Å². The summed E-state index contributed by atoms with van der Waals surface area (Å²) in [6.07, 6.45) is 3.57. The van der Waals surface area contributed by atoms with E-state index in [0.29, 0.717) is 11.3 Å². The SMILES string of the molecule is CC(C)Oc1ccccc1/C=C(\C#N)c1ccccn1. The molecule has 1 aromatic heterocycles. The summed E-state index contributed by atoms with van der Waals surface area (Å²) in [6.45, 7) is 3.95. The van der Waals surface area contributed by atoms with Crippen LogP contribution in [0.5, 0.6) is 5.75 Å². The summed E-state index contributed by atoms with van der Waals surface area (Å²) < 4.78 is 5.75. The third-order valence-electron chi connectivity index (χ3n) is 2.64. The smallest absolute Gasteiger partial charge is 0.126 e. The van der Waals surface area contributed by atoms with Gasteiger partial charge in [-0.25, -0.2) is 0 Å². The summed E-state index contributed by atoms with van der Waals surface area (Å²) in [5, 5.41) is 9.31. The molecule has 3 nitrogen and oxygen atoms in total. The first kappa shape index (κ1) is 13.8. The number of ether oxygens (including phenoxy) is 1. The van der Waals surface area contributed by atoms with Crippen molar-refractivity contribution in [1.29, 1.82) is 5.26 Å². The molecular formula is C17H16N2O. The van der Waals surface area contributed by atoms with Crippen LogP contribution in [0.4, 0.5) is 0 Å². The number of pyridine rings is 1. The molecule has 0 atom stereocenters. The van der Waals surface area contributed by atoms with Crippen molar-refractivity contribution in [3.63, 3.8) is 0 Å². The van der Waals surface area contributed by atoms with Crippen molar-refractivity contribution in [1.82, 2.24) is 4.98 Å². The van der Waals surface area contributed by atoms with Crippen molar-refractivity contribution < 1.29 is 4.74 Å². The number of aromatic nitrogens is 1. The van der Waals surface area contributed by atoms with E-state index in [-0.39, 0.29) is 6.10 Å². The van der Waals surface area contributed by atoms with Crippen molar-refractivity contribution >= 4 is 11.6 Å². The highest BCUT2D eigenvalue weighted by molar-refractivity contribution is 5.89. The van der Waals surface area contributed by atoms with Gasteiger partial charge in [0.25, 0.3) is 0 Å². The quantitative estimate of drug-likeness (QED) is 0.786. The van der Waals surface area contributed by atoms with E-state index in [1.54, 1.807) is 12.3 Å². The molecule has 2 rings (SSSR count). The second-order valence-corrected chi connectivity index (χ2v) is 4.59. The molecule has 3 heteroatoms. The Hall–Kier alpha value is -2.60. The fraction of sp³-hybridized carbons (Fsp3) is 0.176. The van der Waals surface area contributed by atoms with Gasteiger partial charge in [-0.3, -0.25) is 4.98 Å². The maximum atomic E-state index is 9.31. The lowest BCUT2D eigenvalue weighted by atomic mass is 10.1. The summed E-state index contributed by atoms with van der Waals surface area (Å²) in [4.78, 5) is 4.21. The Labute approximate surface area is 119 Å². The molecule has 2 aromatic rings. The Morgan fingerprint density at radius 1 is 1.20 bits per heavy atom. The van der Waals surface area contributed by atoms with Gasteiger partial charge in [0, 0.05) is 11.8 Å². The molecule has 0 radical (unpaired) electrons. The van der Waals surface area contributed by atoms with Crippen LogP contribution in [-0.4, -0.2) is 11.1 Å². The molecule has 0 fully saturated rings. The molecule has 1 heterocycles. The molecule has 20 heavy (non-hydrogen) atoms. The number of hydrogen-bond donors (Lipinski definition) is 0. The molecular weight excluding hydrogens is 248 g/mol. The number of benzene rings is 1. The van der Waals surface area contributed by atoms with Gasteiger partial charge in [0.1, 0.15) is 11.8 Å². The van der Waals surface area contributed by atoms with Crippen molar-refractivity contribution in [2.45, 2.75) is 20.0 Å². The fourth-order valence-corrected chi connectivity index (χ4v) is 1.80. The zero-order valence-corrected chi connectivity index (χ0v) is 11.6. The molecule has 0 aliphatic rings. The largest absolute Gasteiger partial charge is 0.490 e. The number of rotatable bonds is 4. The van der Waals surface area contributed by atoms with Crippen LogP contribution in [0.3, 0.4) is 0 Å². The van der Waals surface area contributed by atoms with Crippen molar-refractivity contribution in [2.24, 2.45) is 0 Å². The van der Waals surface area contributed by atoms with E-state index in [1.807, 2.05) is 56.3 Å². The standard InChI is InChI=1S/C17H16N2O/c1-13(2)20-17-9-4-3-7-14(17)11-15(12-18)16-8-5-6-10-19-16/h3-11,13H,1-2H3/b15-11+.